The van der Waals surface area contributed by atoms with E-state index in [9.17, 15) is 13.2 Å². The topological polar surface area (TPSA) is 79.0 Å². The number of anilines is 3. The molecule has 2 aromatic carbocycles. The lowest BCUT2D eigenvalue weighted by molar-refractivity contribution is -0.116. The highest BCUT2D eigenvalue weighted by Crippen LogP contribution is 2.25. The first kappa shape index (κ1) is 22.9. The van der Waals surface area contributed by atoms with Gasteiger partial charge in [-0.3, -0.25) is 9.10 Å². The average Bonchev–Trinajstić information content (AvgIpc) is 2.75. The Balaban J connectivity index is 1.72. The molecule has 0 radical (unpaired) electrons. The van der Waals surface area contributed by atoms with Crippen LogP contribution in [0.3, 0.4) is 0 Å². The van der Waals surface area contributed by atoms with E-state index in [4.69, 9.17) is 4.74 Å². The van der Waals surface area contributed by atoms with Gasteiger partial charge < -0.3 is 15.0 Å². The van der Waals surface area contributed by atoms with Crippen LogP contribution in [-0.2, 0) is 14.8 Å². The van der Waals surface area contributed by atoms with Gasteiger partial charge in [-0.25, -0.2) is 8.42 Å². The molecule has 1 aliphatic rings. The molecule has 31 heavy (non-hydrogen) atoms. The first-order chi connectivity index (χ1) is 14.8. The lowest BCUT2D eigenvalue weighted by atomic mass is 10.1. The Morgan fingerprint density at radius 1 is 1.06 bits per heavy atom. The Kier molecular flexibility index (Phi) is 7.43. The van der Waals surface area contributed by atoms with Crippen LogP contribution in [-0.4, -0.2) is 46.3 Å². The number of carbonyl (C=O) groups excluding carboxylic acids is 1. The standard InChI is InChI=1S/C23H31N3O4S/c1-4-30-22-14-12-21(13-15-22)26(31(3,28)29)18(2)23(27)24-19-8-10-20(11-9-19)25-16-6-5-7-17-25/h8-15,18H,4-7,16-17H2,1-3H3,(H,24,27). The molecule has 1 aliphatic heterocycles. The highest BCUT2D eigenvalue weighted by molar-refractivity contribution is 7.92. The molecule has 1 heterocycles. The van der Waals surface area contributed by atoms with Gasteiger partial charge in [0.15, 0.2) is 0 Å². The third-order valence-electron chi connectivity index (χ3n) is 5.35. The number of carbonyl (C=O) groups is 1. The molecule has 1 atom stereocenters. The van der Waals surface area contributed by atoms with Crippen molar-refractivity contribution in [2.45, 2.75) is 39.2 Å². The lowest BCUT2D eigenvalue weighted by Crippen LogP contribution is -2.45. The molecule has 0 spiro atoms. The maximum Gasteiger partial charge on any atom is 0.247 e. The van der Waals surface area contributed by atoms with E-state index in [1.54, 1.807) is 31.2 Å². The molecule has 168 valence electrons. The number of ether oxygens (including phenoxy) is 1. The van der Waals surface area contributed by atoms with Crippen molar-refractivity contribution in [2.24, 2.45) is 0 Å². The van der Waals surface area contributed by atoms with Crippen LogP contribution in [0.4, 0.5) is 17.1 Å². The number of hydrogen-bond donors (Lipinski definition) is 1. The van der Waals surface area contributed by atoms with Gasteiger partial charge in [-0.05, 0) is 81.6 Å². The first-order valence-corrected chi connectivity index (χ1v) is 12.5. The monoisotopic (exact) mass is 445 g/mol. The molecule has 0 aliphatic carbocycles. The summed E-state index contributed by atoms with van der Waals surface area (Å²) >= 11 is 0. The van der Waals surface area contributed by atoms with Gasteiger partial charge in [0.05, 0.1) is 18.6 Å². The quantitative estimate of drug-likeness (QED) is 0.667. The largest absolute Gasteiger partial charge is 0.494 e. The van der Waals surface area contributed by atoms with E-state index >= 15 is 0 Å². The highest BCUT2D eigenvalue weighted by Gasteiger charge is 2.29. The molecule has 2 aromatic rings. The number of amides is 1. The van der Waals surface area contributed by atoms with Crippen LogP contribution in [0.1, 0.15) is 33.1 Å². The van der Waals surface area contributed by atoms with E-state index < -0.39 is 22.0 Å². The maximum absolute atomic E-state index is 12.9. The van der Waals surface area contributed by atoms with Crippen molar-refractivity contribution in [3.05, 3.63) is 48.5 Å². The smallest absolute Gasteiger partial charge is 0.247 e. The summed E-state index contributed by atoms with van der Waals surface area (Å²) < 4.78 is 31.5. The van der Waals surface area contributed by atoms with Crippen molar-refractivity contribution >= 4 is 33.0 Å². The number of nitrogens with zero attached hydrogens (tertiary/aromatic N) is 2. The molecular formula is C23H31N3O4S. The van der Waals surface area contributed by atoms with Gasteiger partial charge in [-0.15, -0.1) is 0 Å². The van der Waals surface area contributed by atoms with Gasteiger partial charge in [0, 0.05) is 24.5 Å². The van der Waals surface area contributed by atoms with Crippen LogP contribution in [0.5, 0.6) is 5.75 Å². The van der Waals surface area contributed by atoms with Crippen LogP contribution < -0.4 is 19.3 Å². The molecule has 7 nitrogen and oxygen atoms in total. The zero-order valence-corrected chi connectivity index (χ0v) is 19.2. The normalized spacial score (nSPS) is 15.3. The number of hydrogen-bond acceptors (Lipinski definition) is 5. The van der Waals surface area contributed by atoms with Crippen LogP contribution in [0.15, 0.2) is 48.5 Å². The fourth-order valence-corrected chi connectivity index (χ4v) is 4.99. The summed E-state index contributed by atoms with van der Waals surface area (Å²) in [7, 11) is -3.68. The summed E-state index contributed by atoms with van der Waals surface area (Å²) in [5, 5.41) is 2.84. The van der Waals surface area contributed by atoms with E-state index in [1.807, 2.05) is 31.2 Å². The van der Waals surface area contributed by atoms with E-state index in [2.05, 4.69) is 10.2 Å². The molecular weight excluding hydrogens is 414 g/mol. The van der Waals surface area contributed by atoms with Crippen molar-refractivity contribution in [3.63, 3.8) is 0 Å². The average molecular weight is 446 g/mol. The summed E-state index contributed by atoms with van der Waals surface area (Å²) in [6.07, 6.45) is 4.76. The van der Waals surface area contributed by atoms with Crippen LogP contribution in [0.2, 0.25) is 0 Å². The Morgan fingerprint density at radius 2 is 1.68 bits per heavy atom. The number of sulfonamides is 1. The Hall–Kier alpha value is -2.74. The van der Waals surface area contributed by atoms with E-state index in [0.29, 0.717) is 23.7 Å². The van der Waals surface area contributed by atoms with Crippen LogP contribution in [0.25, 0.3) is 0 Å². The van der Waals surface area contributed by atoms with Gasteiger partial charge in [0.2, 0.25) is 15.9 Å². The van der Waals surface area contributed by atoms with Gasteiger partial charge in [0.1, 0.15) is 11.8 Å². The third-order valence-corrected chi connectivity index (χ3v) is 6.59. The van der Waals surface area contributed by atoms with Crippen molar-refractivity contribution in [1.29, 1.82) is 0 Å². The molecule has 1 N–H and O–H groups in total. The molecule has 8 heteroatoms. The summed E-state index contributed by atoms with van der Waals surface area (Å²) in [6.45, 7) is 6.07. The Labute approximate surface area is 185 Å². The van der Waals surface area contributed by atoms with E-state index in [0.717, 1.165) is 29.3 Å². The van der Waals surface area contributed by atoms with Crippen molar-refractivity contribution < 1.29 is 17.9 Å². The first-order valence-electron chi connectivity index (χ1n) is 10.7. The lowest BCUT2D eigenvalue weighted by Gasteiger charge is -2.29. The summed E-state index contributed by atoms with van der Waals surface area (Å²) in [6, 6.07) is 13.5. The van der Waals surface area contributed by atoms with Gasteiger partial charge in [0.25, 0.3) is 0 Å². The van der Waals surface area contributed by atoms with Gasteiger partial charge in [-0.1, -0.05) is 0 Å². The molecule has 1 fully saturated rings. The number of benzene rings is 2. The highest BCUT2D eigenvalue weighted by atomic mass is 32.2. The van der Waals surface area contributed by atoms with Crippen molar-refractivity contribution in [2.75, 3.05) is 40.5 Å². The number of piperidine rings is 1. The molecule has 3 rings (SSSR count). The molecule has 1 unspecified atom stereocenters. The second-order valence-corrected chi connectivity index (χ2v) is 9.60. The fourth-order valence-electron chi connectivity index (χ4n) is 3.82. The van der Waals surface area contributed by atoms with E-state index in [-0.39, 0.29) is 0 Å². The molecule has 0 saturated carbocycles. The fraction of sp³-hybridized carbons (Fsp3) is 0.435. The third kappa shape index (κ3) is 5.91. The Morgan fingerprint density at radius 3 is 2.23 bits per heavy atom. The molecule has 0 bridgehead atoms. The Bertz CT molecular complexity index is 969. The van der Waals surface area contributed by atoms with Crippen LogP contribution in [0, 0.1) is 0 Å². The second-order valence-electron chi connectivity index (χ2n) is 7.75. The molecule has 1 amide bonds. The van der Waals surface area contributed by atoms with Gasteiger partial charge >= 0.3 is 0 Å². The summed E-state index contributed by atoms with van der Waals surface area (Å²) in [5.74, 6) is 0.246. The number of rotatable bonds is 8. The minimum Gasteiger partial charge on any atom is -0.494 e. The predicted molar refractivity (Wildman–Crippen MR) is 126 cm³/mol. The number of nitrogens with one attached hydrogen (secondary N) is 1. The van der Waals surface area contributed by atoms with E-state index in [1.165, 1.54) is 19.3 Å². The summed E-state index contributed by atoms with van der Waals surface area (Å²) in [5.41, 5.74) is 2.18. The predicted octanol–water partition coefficient (Wildman–Crippen LogP) is 3.87. The minimum atomic E-state index is -3.68. The molecule has 0 aromatic heterocycles. The van der Waals surface area contributed by atoms with Crippen molar-refractivity contribution in [3.8, 4) is 5.75 Å². The second kappa shape index (κ2) is 10.0. The molecule has 1 saturated heterocycles. The summed E-state index contributed by atoms with van der Waals surface area (Å²) in [4.78, 5) is 15.2. The van der Waals surface area contributed by atoms with Gasteiger partial charge in [-0.2, -0.15) is 0 Å². The zero-order valence-electron chi connectivity index (χ0n) is 18.4. The minimum absolute atomic E-state index is 0.398. The van der Waals surface area contributed by atoms with Crippen LogP contribution >= 0.6 is 0 Å². The van der Waals surface area contributed by atoms with Crippen molar-refractivity contribution in [1.82, 2.24) is 0 Å². The SMILES string of the molecule is CCOc1ccc(N(C(C)C(=O)Nc2ccc(N3CCCCC3)cc2)S(C)(=O)=O)cc1. The maximum atomic E-state index is 12.9. The zero-order chi connectivity index (χ0) is 22.4.